The molecule has 0 radical (unpaired) electrons. The molecule has 3 spiro atoms. The lowest BCUT2D eigenvalue weighted by Crippen LogP contribution is -2.70. The van der Waals surface area contributed by atoms with Crippen LogP contribution in [-0.2, 0) is 91.1 Å². The molecular formula is C60H91NO19. The Kier molecular flexibility index (Phi) is 16.0. The average molecular weight is 1130 g/mol. The lowest BCUT2D eigenvalue weighted by molar-refractivity contribution is -0.571. The summed E-state index contributed by atoms with van der Waals surface area (Å²) in [6.45, 7) is 22.9. The van der Waals surface area contributed by atoms with Crippen LogP contribution in [0.4, 0.5) is 0 Å². The number of nitrogens with one attached hydrogen (secondary N) is 1. The lowest BCUT2D eigenvalue weighted by atomic mass is 9.57. The Hall–Kier alpha value is -3.02. The molecule has 13 rings (SSSR count). The first-order valence-electron chi connectivity index (χ1n) is 30.3. The summed E-state index contributed by atoms with van der Waals surface area (Å²) in [5.41, 5.74) is -4.24. The third-order valence-corrected chi connectivity index (χ3v) is 22.4. The maximum absolute atomic E-state index is 14.3. The largest absolute Gasteiger partial charge is 0.491 e. The summed E-state index contributed by atoms with van der Waals surface area (Å²) >= 11 is 0. The molecule has 0 aromatic rings. The first-order chi connectivity index (χ1) is 37.9. The highest BCUT2D eigenvalue weighted by Gasteiger charge is 2.71. The maximum Gasteiger partial charge on any atom is 0.309 e. The third kappa shape index (κ3) is 10.1. The number of fused-ring (bicyclic) bond motifs is 4. The molecule has 4 bridgehead atoms. The summed E-state index contributed by atoms with van der Waals surface area (Å²) in [7, 11) is 1.60. The Morgan fingerprint density at radius 3 is 1.69 bits per heavy atom. The molecule has 24 atom stereocenters. The predicted molar refractivity (Wildman–Crippen MR) is 280 cm³/mol. The second kappa shape index (κ2) is 21.8. The molecule has 80 heavy (non-hydrogen) atoms. The minimum Gasteiger partial charge on any atom is -0.491 e. The van der Waals surface area contributed by atoms with Gasteiger partial charge in [0.15, 0.2) is 29.1 Å². The molecule has 3 saturated carbocycles. The van der Waals surface area contributed by atoms with E-state index in [1.807, 2.05) is 27.7 Å². The van der Waals surface area contributed by atoms with E-state index in [0.717, 1.165) is 57.8 Å². The number of ether oxygens (including phenoxy) is 9. The number of carbonyl (C=O) groups excluding carboxylic acids is 4. The zero-order valence-corrected chi connectivity index (χ0v) is 49.2. The first kappa shape index (κ1) is 58.7. The fourth-order valence-electron chi connectivity index (χ4n) is 17.6. The molecule has 10 heterocycles. The summed E-state index contributed by atoms with van der Waals surface area (Å²) in [6, 6.07) is 0. The van der Waals surface area contributed by atoms with E-state index in [9.17, 15) is 19.2 Å². The standard InChI is InChI=1S/C60H91NO19/c1-32-13-16-43-36(5)47(71-38(7)58(43)40(32)19-22-54(9,66-12)75-78-58)26-51(64)69-30-57(61-39(8)62,31-70-52(65)27-48-37(6)45-18-15-34(3)42-21-24-56(11)74-53(72-48)60(42,45)80-77-56)29-68-50(63)25-46-35(4)44-17-14-33(2)41-20-23-55(10)73-49(28-67-46)59(41,44)79-76-55/h32-37,40-49,53H,7,13-31H2,1-6,8-12H3,(H,61,62)/t32-,33-,34-,35-,36-,37-,40+,41+,42+,43+,44+,45+,46?,47?,48?,49+,53-,54-,55-,56-,57?,58-,59-,60-/m1/s1. The summed E-state index contributed by atoms with van der Waals surface area (Å²) in [5, 5.41) is 2.88. The second-order valence-corrected chi connectivity index (χ2v) is 27.3. The van der Waals surface area contributed by atoms with Crippen LogP contribution in [0.2, 0.25) is 0 Å². The fourth-order valence-corrected chi connectivity index (χ4v) is 17.6. The summed E-state index contributed by atoms with van der Waals surface area (Å²) < 4.78 is 57.2. The Morgan fingerprint density at radius 2 is 1.07 bits per heavy atom. The minimum absolute atomic E-state index is 0.0236. The van der Waals surface area contributed by atoms with E-state index in [-0.39, 0.29) is 79.1 Å². The van der Waals surface area contributed by atoms with Crippen LogP contribution in [0.15, 0.2) is 12.3 Å². The average Bonchev–Trinajstić information content (AvgIpc) is 3.64. The zero-order chi connectivity index (χ0) is 57.0. The van der Waals surface area contributed by atoms with Gasteiger partial charge >= 0.3 is 17.9 Å². The topological polar surface area (TPSA) is 219 Å². The van der Waals surface area contributed by atoms with E-state index >= 15 is 0 Å². The second-order valence-electron chi connectivity index (χ2n) is 27.3. The van der Waals surface area contributed by atoms with Gasteiger partial charge in [0, 0.05) is 51.0 Å². The number of esters is 3. The number of methoxy groups -OCH3 is 1. The molecule has 0 aromatic carbocycles. The van der Waals surface area contributed by atoms with Crippen molar-refractivity contribution in [1.29, 1.82) is 0 Å². The van der Waals surface area contributed by atoms with Gasteiger partial charge in [-0.25, -0.2) is 29.3 Å². The van der Waals surface area contributed by atoms with Gasteiger partial charge in [-0.3, -0.25) is 19.2 Å². The SMILES string of the molecule is C=C1OC(CC(=O)OCC(COC(=O)CC2O[C@@H]3O[C@@]4(C)CC[C@H]5[C@H](C)CC[C@@H]([C@H]2C)[C@@]35OO4)(COC(=O)CC2OC[C@@H]3O[C@@]4(C)CC[C@H]5[C@H](C)CC[C@@H]([C@H]2C)[C@@]35OO4)NC(C)=O)[C@H](C)[C@@H]2CC[C@@H](C)[C@@H]3CC[C@](C)(OC)OO[C@]132. The third-order valence-electron chi connectivity index (χ3n) is 22.4. The van der Waals surface area contributed by atoms with Crippen molar-refractivity contribution >= 4 is 23.8 Å². The van der Waals surface area contributed by atoms with Crippen LogP contribution in [0, 0.1) is 71.0 Å². The van der Waals surface area contributed by atoms with Gasteiger partial charge in [0.25, 0.3) is 0 Å². The van der Waals surface area contributed by atoms with Crippen LogP contribution in [0.1, 0.15) is 166 Å². The van der Waals surface area contributed by atoms with Gasteiger partial charge in [-0.2, -0.15) is 0 Å². The van der Waals surface area contributed by atoms with E-state index < -0.39 is 114 Å². The van der Waals surface area contributed by atoms with Crippen molar-refractivity contribution in [3.05, 3.63) is 12.3 Å². The molecule has 13 fully saturated rings. The molecule has 4 unspecified atom stereocenters. The van der Waals surface area contributed by atoms with Gasteiger partial charge in [0.1, 0.15) is 48.9 Å². The molecule has 3 aliphatic carbocycles. The summed E-state index contributed by atoms with van der Waals surface area (Å²) in [5.74, 6) is -4.14. The fraction of sp³-hybridized carbons (Fsp3) is 0.900. The maximum atomic E-state index is 14.3. The quantitative estimate of drug-likeness (QED) is 0.0983. The van der Waals surface area contributed by atoms with Crippen molar-refractivity contribution in [3.8, 4) is 0 Å². The van der Waals surface area contributed by atoms with E-state index in [0.29, 0.717) is 42.8 Å². The number of hydrogen-bond donors (Lipinski definition) is 1. The molecule has 10 aliphatic heterocycles. The molecule has 1 N–H and O–H groups in total. The summed E-state index contributed by atoms with van der Waals surface area (Å²) in [6.07, 6.45) is 6.45. The van der Waals surface area contributed by atoms with Gasteiger partial charge in [-0.05, 0) is 132 Å². The molecule has 450 valence electrons. The van der Waals surface area contributed by atoms with Crippen molar-refractivity contribution in [2.75, 3.05) is 33.5 Å². The Morgan fingerprint density at radius 1 is 0.575 bits per heavy atom. The highest BCUT2D eigenvalue weighted by molar-refractivity contribution is 5.75. The molecule has 20 heteroatoms. The zero-order valence-electron chi connectivity index (χ0n) is 49.2. The number of hydrogen-bond acceptors (Lipinski definition) is 19. The molecule has 13 aliphatic rings. The van der Waals surface area contributed by atoms with E-state index in [2.05, 4.69) is 46.5 Å². The van der Waals surface area contributed by atoms with Crippen LogP contribution in [-0.4, -0.2) is 128 Å². The van der Waals surface area contributed by atoms with Gasteiger partial charge in [0.05, 0.1) is 38.1 Å². The smallest absolute Gasteiger partial charge is 0.309 e. The molecule has 10 saturated heterocycles. The van der Waals surface area contributed by atoms with Crippen molar-refractivity contribution in [2.24, 2.45) is 71.0 Å². The normalized spacial score (nSPS) is 49.0. The Bertz CT molecular complexity index is 2360. The number of amides is 1. The van der Waals surface area contributed by atoms with Crippen LogP contribution >= 0.6 is 0 Å². The van der Waals surface area contributed by atoms with Gasteiger partial charge in [0.2, 0.25) is 11.7 Å². The summed E-state index contributed by atoms with van der Waals surface area (Å²) in [4.78, 5) is 93.6. The molecule has 0 aromatic heterocycles. The molecular weight excluding hydrogens is 1040 g/mol. The monoisotopic (exact) mass is 1130 g/mol. The van der Waals surface area contributed by atoms with Crippen LogP contribution in [0.3, 0.4) is 0 Å². The molecule has 1 amide bonds. The van der Waals surface area contributed by atoms with Crippen molar-refractivity contribution in [3.63, 3.8) is 0 Å². The molecule has 20 nitrogen and oxygen atoms in total. The number of rotatable bonds is 14. The predicted octanol–water partition coefficient (Wildman–Crippen LogP) is 8.26. The van der Waals surface area contributed by atoms with Crippen molar-refractivity contribution in [1.82, 2.24) is 5.32 Å². The van der Waals surface area contributed by atoms with Crippen LogP contribution in [0.5, 0.6) is 0 Å². The van der Waals surface area contributed by atoms with E-state index in [4.69, 9.17) is 72.0 Å². The lowest BCUT2D eigenvalue weighted by Gasteiger charge is -2.60. The highest BCUT2D eigenvalue weighted by Crippen LogP contribution is 2.63. The van der Waals surface area contributed by atoms with Gasteiger partial charge in [-0.1, -0.05) is 48.1 Å². The van der Waals surface area contributed by atoms with Gasteiger partial charge in [-0.15, -0.1) is 0 Å². The van der Waals surface area contributed by atoms with Crippen LogP contribution < -0.4 is 5.32 Å². The van der Waals surface area contributed by atoms with Crippen LogP contribution in [0.25, 0.3) is 0 Å². The Balaban J connectivity index is 0.801. The Labute approximate surface area is 471 Å². The first-order valence-corrected chi connectivity index (χ1v) is 30.3. The van der Waals surface area contributed by atoms with Crippen molar-refractivity contribution < 1.29 is 91.1 Å². The highest BCUT2D eigenvalue weighted by atomic mass is 17.3. The van der Waals surface area contributed by atoms with E-state index in [1.54, 1.807) is 7.11 Å². The van der Waals surface area contributed by atoms with Gasteiger partial charge < -0.3 is 47.9 Å². The minimum atomic E-state index is -1.73. The van der Waals surface area contributed by atoms with E-state index in [1.165, 1.54) is 6.92 Å². The number of carbonyl (C=O) groups is 4. The van der Waals surface area contributed by atoms with Crippen molar-refractivity contribution in [2.45, 2.75) is 236 Å².